The molecule has 0 radical (unpaired) electrons. The van der Waals surface area contributed by atoms with Crippen molar-refractivity contribution in [3.63, 3.8) is 0 Å². The Morgan fingerprint density at radius 1 is 1.23 bits per heavy atom. The second-order valence-corrected chi connectivity index (χ2v) is 7.63. The zero-order valence-electron chi connectivity index (χ0n) is 14.5. The van der Waals surface area contributed by atoms with E-state index in [4.69, 9.17) is 9.47 Å². The fraction of sp³-hybridized carbons (Fsp3) is 0.875. The molecule has 128 valence electrons. The largest absolute Gasteiger partial charge is 0.384 e. The minimum absolute atomic E-state index is 0.0256. The molecule has 0 bridgehead atoms. The number of carbonyl (C=O) groups excluding carboxylic acids is 2. The molecule has 0 aromatic carbocycles. The predicted octanol–water partition coefficient (Wildman–Crippen LogP) is 1.10. The second-order valence-electron chi connectivity index (χ2n) is 7.63. The molecule has 1 rings (SSSR count). The SMILES string of the molecule is COCC(C)(C)COCC(C)(C)CNC(=O)[C@@H]1CCC(=O)N1. The molecule has 22 heavy (non-hydrogen) atoms. The van der Waals surface area contributed by atoms with E-state index >= 15 is 0 Å². The number of nitrogens with one attached hydrogen (secondary N) is 2. The number of ether oxygens (including phenoxy) is 2. The highest BCUT2D eigenvalue weighted by molar-refractivity contribution is 5.90. The standard InChI is InChI=1S/C16H30N2O4/c1-15(2,10-22-11-16(3,4)9-21-5)8-17-14(20)12-6-7-13(19)18-12/h12H,6-11H2,1-5H3,(H,17,20)(H,18,19)/t12-/m0/s1. The number of methoxy groups -OCH3 is 1. The van der Waals surface area contributed by atoms with Crippen molar-refractivity contribution in [3.8, 4) is 0 Å². The van der Waals surface area contributed by atoms with Crippen LogP contribution in [-0.2, 0) is 19.1 Å². The van der Waals surface area contributed by atoms with Crippen molar-refractivity contribution in [3.05, 3.63) is 0 Å². The molecule has 2 N–H and O–H groups in total. The van der Waals surface area contributed by atoms with E-state index in [1.165, 1.54) is 0 Å². The third kappa shape index (κ3) is 6.75. The van der Waals surface area contributed by atoms with Gasteiger partial charge in [0, 0.05) is 30.9 Å². The summed E-state index contributed by atoms with van der Waals surface area (Å²) < 4.78 is 11.0. The van der Waals surface area contributed by atoms with Crippen LogP contribution in [-0.4, -0.2) is 51.3 Å². The van der Waals surface area contributed by atoms with Gasteiger partial charge in [-0.25, -0.2) is 0 Å². The summed E-state index contributed by atoms with van der Waals surface area (Å²) in [7, 11) is 1.68. The average Bonchev–Trinajstić information content (AvgIpc) is 2.82. The predicted molar refractivity (Wildman–Crippen MR) is 84.4 cm³/mol. The first kappa shape index (κ1) is 18.9. The lowest BCUT2D eigenvalue weighted by Crippen LogP contribution is -2.45. The second kappa shape index (κ2) is 7.92. The van der Waals surface area contributed by atoms with Gasteiger partial charge in [-0.15, -0.1) is 0 Å². The zero-order valence-corrected chi connectivity index (χ0v) is 14.5. The van der Waals surface area contributed by atoms with Crippen LogP contribution in [0.4, 0.5) is 0 Å². The molecule has 0 aromatic heterocycles. The van der Waals surface area contributed by atoms with Crippen molar-refractivity contribution in [1.82, 2.24) is 10.6 Å². The van der Waals surface area contributed by atoms with Crippen LogP contribution in [0.2, 0.25) is 0 Å². The third-order valence-electron chi connectivity index (χ3n) is 3.57. The highest BCUT2D eigenvalue weighted by Crippen LogP contribution is 2.19. The van der Waals surface area contributed by atoms with Crippen molar-refractivity contribution in [2.75, 3.05) is 33.5 Å². The summed E-state index contributed by atoms with van der Waals surface area (Å²) in [4.78, 5) is 23.1. The highest BCUT2D eigenvalue weighted by Gasteiger charge is 2.29. The lowest BCUT2D eigenvalue weighted by Gasteiger charge is -2.29. The van der Waals surface area contributed by atoms with Gasteiger partial charge in [0.1, 0.15) is 6.04 Å². The third-order valence-corrected chi connectivity index (χ3v) is 3.57. The average molecular weight is 314 g/mol. The van der Waals surface area contributed by atoms with Crippen LogP contribution in [0.25, 0.3) is 0 Å². The molecule has 0 aromatic rings. The maximum absolute atomic E-state index is 12.0. The number of carbonyl (C=O) groups is 2. The number of amides is 2. The van der Waals surface area contributed by atoms with Gasteiger partial charge < -0.3 is 20.1 Å². The molecule has 0 spiro atoms. The first-order chi connectivity index (χ1) is 10.2. The smallest absolute Gasteiger partial charge is 0.242 e. The van der Waals surface area contributed by atoms with Crippen molar-refractivity contribution in [1.29, 1.82) is 0 Å². The molecule has 1 aliphatic heterocycles. The molecule has 1 fully saturated rings. The van der Waals surface area contributed by atoms with Gasteiger partial charge in [-0.05, 0) is 6.42 Å². The molecule has 0 unspecified atom stereocenters. The van der Waals surface area contributed by atoms with Crippen LogP contribution in [0.5, 0.6) is 0 Å². The molecule has 2 amide bonds. The van der Waals surface area contributed by atoms with E-state index in [0.717, 1.165) is 0 Å². The van der Waals surface area contributed by atoms with Gasteiger partial charge in [0.25, 0.3) is 0 Å². The Morgan fingerprint density at radius 3 is 2.41 bits per heavy atom. The molecule has 0 saturated carbocycles. The van der Waals surface area contributed by atoms with E-state index < -0.39 is 0 Å². The number of hydrogen-bond acceptors (Lipinski definition) is 4. The zero-order chi connectivity index (χ0) is 16.8. The summed E-state index contributed by atoms with van der Waals surface area (Å²) in [6.07, 6.45) is 1.01. The van der Waals surface area contributed by atoms with Crippen LogP contribution >= 0.6 is 0 Å². The molecule has 1 saturated heterocycles. The van der Waals surface area contributed by atoms with E-state index in [1.807, 2.05) is 13.8 Å². The minimum atomic E-state index is -0.384. The topological polar surface area (TPSA) is 76.7 Å². The minimum Gasteiger partial charge on any atom is -0.384 e. The van der Waals surface area contributed by atoms with Gasteiger partial charge in [-0.3, -0.25) is 9.59 Å². The highest BCUT2D eigenvalue weighted by atomic mass is 16.5. The van der Waals surface area contributed by atoms with Crippen LogP contribution in [0, 0.1) is 10.8 Å². The van der Waals surface area contributed by atoms with Crippen molar-refractivity contribution in [2.24, 2.45) is 10.8 Å². The van der Waals surface area contributed by atoms with Gasteiger partial charge in [0.2, 0.25) is 11.8 Å². The maximum atomic E-state index is 12.0. The summed E-state index contributed by atoms with van der Waals surface area (Å²) in [5.74, 6) is -0.165. The van der Waals surface area contributed by atoms with Gasteiger partial charge in [-0.1, -0.05) is 27.7 Å². The molecule has 6 nitrogen and oxygen atoms in total. The van der Waals surface area contributed by atoms with E-state index in [-0.39, 0.29) is 28.7 Å². The first-order valence-corrected chi connectivity index (χ1v) is 7.79. The van der Waals surface area contributed by atoms with Crippen LogP contribution < -0.4 is 10.6 Å². The van der Waals surface area contributed by atoms with E-state index in [9.17, 15) is 9.59 Å². The Kier molecular flexibility index (Phi) is 6.81. The van der Waals surface area contributed by atoms with Gasteiger partial charge in [0.05, 0.1) is 19.8 Å². The van der Waals surface area contributed by atoms with Crippen LogP contribution in [0.3, 0.4) is 0 Å². The lowest BCUT2D eigenvalue weighted by molar-refractivity contribution is -0.126. The Labute approximate surface area is 133 Å². The van der Waals surface area contributed by atoms with Crippen molar-refractivity contribution < 1.29 is 19.1 Å². The molecule has 0 aliphatic carbocycles. The van der Waals surface area contributed by atoms with E-state index in [1.54, 1.807) is 7.11 Å². The molecule has 1 heterocycles. The van der Waals surface area contributed by atoms with Crippen LogP contribution in [0.15, 0.2) is 0 Å². The Balaban J connectivity index is 2.28. The molecular weight excluding hydrogens is 284 g/mol. The summed E-state index contributed by atoms with van der Waals surface area (Å²) in [5, 5.41) is 5.57. The monoisotopic (exact) mass is 314 g/mol. The van der Waals surface area contributed by atoms with Crippen molar-refractivity contribution >= 4 is 11.8 Å². The maximum Gasteiger partial charge on any atom is 0.242 e. The summed E-state index contributed by atoms with van der Waals surface area (Å²) in [5.41, 5.74) is -0.191. The fourth-order valence-electron chi connectivity index (χ4n) is 2.35. The lowest BCUT2D eigenvalue weighted by atomic mass is 9.93. The van der Waals surface area contributed by atoms with E-state index in [2.05, 4.69) is 24.5 Å². The van der Waals surface area contributed by atoms with Gasteiger partial charge in [0.15, 0.2) is 0 Å². The normalized spacial score (nSPS) is 19.1. The number of hydrogen-bond donors (Lipinski definition) is 2. The summed E-state index contributed by atoms with van der Waals surface area (Å²) >= 11 is 0. The quantitative estimate of drug-likeness (QED) is 0.668. The first-order valence-electron chi connectivity index (χ1n) is 7.79. The van der Waals surface area contributed by atoms with Crippen molar-refractivity contribution in [2.45, 2.75) is 46.6 Å². The Morgan fingerprint density at radius 2 is 1.86 bits per heavy atom. The molecule has 1 atom stereocenters. The number of rotatable bonds is 9. The van der Waals surface area contributed by atoms with Crippen LogP contribution in [0.1, 0.15) is 40.5 Å². The summed E-state index contributed by atoms with van der Waals surface area (Å²) in [6.45, 7) is 10.6. The Bertz CT molecular complexity index is 394. The Hall–Kier alpha value is -1.14. The van der Waals surface area contributed by atoms with Gasteiger partial charge in [-0.2, -0.15) is 0 Å². The molecular formula is C16H30N2O4. The molecule has 1 aliphatic rings. The molecule has 6 heteroatoms. The summed E-state index contributed by atoms with van der Waals surface area (Å²) in [6, 6.07) is -0.384. The fourth-order valence-corrected chi connectivity index (χ4v) is 2.35. The van der Waals surface area contributed by atoms with E-state index in [0.29, 0.717) is 39.2 Å². The van der Waals surface area contributed by atoms with Gasteiger partial charge >= 0.3 is 0 Å².